The monoisotopic (exact) mass is 270 g/mol. The number of carbonyl (C=O) groups excluding carboxylic acids is 1. The van der Waals surface area contributed by atoms with E-state index in [9.17, 15) is 13.6 Å². The fraction of sp³-hybridized carbons (Fsp3) is 0.929. The Hall–Kier alpha value is -0.710. The maximum atomic E-state index is 13.2. The summed E-state index contributed by atoms with van der Waals surface area (Å²) in [5.41, 5.74) is 0. The summed E-state index contributed by atoms with van der Waals surface area (Å²) in [5.74, 6) is -2.45. The third-order valence-corrected chi connectivity index (χ3v) is 5.60. The lowest BCUT2D eigenvalue weighted by molar-refractivity contribution is -0.139. The Morgan fingerprint density at radius 1 is 1.11 bits per heavy atom. The molecular formula is C14H20F2N2O. The van der Waals surface area contributed by atoms with Crippen molar-refractivity contribution in [2.24, 2.45) is 17.8 Å². The molecule has 2 heterocycles. The van der Waals surface area contributed by atoms with Crippen LogP contribution in [0.2, 0.25) is 0 Å². The third kappa shape index (κ3) is 1.73. The zero-order valence-electron chi connectivity index (χ0n) is 11.2. The van der Waals surface area contributed by atoms with Gasteiger partial charge in [-0.05, 0) is 31.7 Å². The summed E-state index contributed by atoms with van der Waals surface area (Å²) in [6, 6.07) is 0.663. The first kappa shape index (κ1) is 12.1. The van der Waals surface area contributed by atoms with E-state index in [1.165, 1.54) is 0 Å². The molecule has 1 amide bonds. The van der Waals surface area contributed by atoms with Crippen molar-refractivity contribution in [1.29, 1.82) is 0 Å². The molecule has 0 N–H and O–H groups in total. The standard InChI is InChI=1S/C14H20F2N2O/c1-17-6-8-2-3-9(7-17)18(8)13(19)12-10-4-14(15,16)5-11(10)12/h8-12H,2-7H2,1H3. The highest BCUT2D eigenvalue weighted by molar-refractivity contribution is 5.83. The maximum absolute atomic E-state index is 13.2. The van der Waals surface area contributed by atoms with Crippen molar-refractivity contribution in [3.8, 4) is 0 Å². The molecule has 2 bridgehead atoms. The smallest absolute Gasteiger partial charge is 0.248 e. The van der Waals surface area contributed by atoms with E-state index < -0.39 is 5.92 Å². The number of alkyl halides is 2. The second kappa shape index (κ2) is 3.68. The number of amides is 1. The number of likely N-dealkylation sites (tertiary alicyclic amines) is 1. The molecule has 19 heavy (non-hydrogen) atoms. The Morgan fingerprint density at radius 3 is 2.16 bits per heavy atom. The first-order valence-electron chi connectivity index (χ1n) is 7.35. The highest BCUT2D eigenvalue weighted by atomic mass is 19.3. The van der Waals surface area contributed by atoms with Gasteiger partial charge < -0.3 is 9.80 Å². The normalized spacial score (nSPS) is 47.3. The number of halogens is 2. The Kier molecular flexibility index (Phi) is 2.34. The molecule has 0 radical (unpaired) electrons. The molecule has 4 fully saturated rings. The van der Waals surface area contributed by atoms with Crippen LogP contribution in [0.4, 0.5) is 8.78 Å². The van der Waals surface area contributed by atoms with Gasteiger partial charge in [-0.2, -0.15) is 0 Å². The van der Waals surface area contributed by atoms with Crippen molar-refractivity contribution in [2.75, 3.05) is 20.1 Å². The minimum absolute atomic E-state index is 0.0263. The van der Waals surface area contributed by atoms with Crippen LogP contribution in [0, 0.1) is 17.8 Å². The first-order valence-corrected chi connectivity index (χ1v) is 7.35. The third-order valence-electron chi connectivity index (χ3n) is 5.60. The van der Waals surface area contributed by atoms with Gasteiger partial charge in [-0.1, -0.05) is 0 Å². The number of rotatable bonds is 1. The van der Waals surface area contributed by atoms with E-state index in [4.69, 9.17) is 0 Å². The number of carbonyl (C=O) groups is 1. The van der Waals surface area contributed by atoms with Crippen LogP contribution < -0.4 is 0 Å². The lowest BCUT2D eigenvalue weighted by atomic mass is 10.1. The van der Waals surface area contributed by atoms with Gasteiger partial charge in [-0.3, -0.25) is 4.79 Å². The number of piperazine rings is 1. The Balaban J connectivity index is 1.46. The van der Waals surface area contributed by atoms with E-state index in [0.717, 1.165) is 25.9 Å². The zero-order chi connectivity index (χ0) is 13.4. The SMILES string of the molecule is CN1CC2CCC(C1)N2C(=O)C1C2CC(F)(F)CC21. The molecule has 2 saturated carbocycles. The number of fused-ring (bicyclic) bond motifs is 3. The lowest BCUT2D eigenvalue weighted by Gasteiger charge is -2.40. The van der Waals surface area contributed by atoms with Gasteiger partial charge in [-0.15, -0.1) is 0 Å². The van der Waals surface area contributed by atoms with Crippen LogP contribution in [-0.2, 0) is 4.79 Å². The Bertz CT molecular complexity index is 400. The van der Waals surface area contributed by atoms with Gasteiger partial charge in [0.15, 0.2) is 0 Å². The fourth-order valence-electron chi connectivity index (χ4n) is 4.79. The Labute approximate surface area is 111 Å². The van der Waals surface area contributed by atoms with Crippen LogP contribution in [0.5, 0.6) is 0 Å². The summed E-state index contributed by atoms with van der Waals surface area (Å²) >= 11 is 0. The predicted molar refractivity (Wildman–Crippen MR) is 65.8 cm³/mol. The molecular weight excluding hydrogens is 250 g/mol. The quantitative estimate of drug-likeness (QED) is 0.722. The molecule has 4 unspecified atom stereocenters. The summed E-state index contributed by atoms with van der Waals surface area (Å²) in [6.45, 7) is 1.89. The molecule has 4 aliphatic rings. The molecule has 106 valence electrons. The molecule has 0 aromatic rings. The summed E-state index contributed by atoms with van der Waals surface area (Å²) in [4.78, 5) is 17.0. The van der Waals surface area contributed by atoms with Gasteiger partial charge in [0.2, 0.25) is 11.8 Å². The molecule has 2 saturated heterocycles. The van der Waals surface area contributed by atoms with Crippen LogP contribution in [0.25, 0.3) is 0 Å². The van der Waals surface area contributed by atoms with Crippen molar-refractivity contribution < 1.29 is 13.6 Å². The van der Waals surface area contributed by atoms with Gasteiger partial charge in [0.05, 0.1) is 0 Å². The second-order valence-corrected chi connectivity index (χ2v) is 6.97. The average Bonchev–Trinajstić information content (AvgIpc) is 2.70. The summed E-state index contributed by atoms with van der Waals surface area (Å²) < 4.78 is 26.4. The van der Waals surface area contributed by atoms with Crippen molar-refractivity contribution in [3.05, 3.63) is 0 Å². The van der Waals surface area contributed by atoms with E-state index in [1.54, 1.807) is 0 Å². The highest BCUT2D eigenvalue weighted by Gasteiger charge is 2.66. The van der Waals surface area contributed by atoms with Gasteiger partial charge in [0, 0.05) is 43.9 Å². The zero-order valence-corrected chi connectivity index (χ0v) is 11.2. The van der Waals surface area contributed by atoms with Crippen molar-refractivity contribution in [3.63, 3.8) is 0 Å². The average molecular weight is 270 g/mol. The molecule has 2 aliphatic carbocycles. The van der Waals surface area contributed by atoms with Gasteiger partial charge in [0.25, 0.3) is 0 Å². The molecule has 5 heteroatoms. The molecule has 3 nitrogen and oxygen atoms in total. The molecule has 4 rings (SSSR count). The van der Waals surface area contributed by atoms with Crippen molar-refractivity contribution in [2.45, 2.75) is 43.7 Å². The fourth-order valence-corrected chi connectivity index (χ4v) is 4.79. The topological polar surface area (TPSA) is 23.6 Å². The number of likely N-dealkylation sites (N-methyl/N-ethyl adjacent to an activating group) is 1. The molecule has 0 aromatic carbocycles. The largest absolute Gasteiger partial charge is 0.334 e. The summed E-state index contributed by atoms with van der Waals surface area (Å²) in [6.07, 6.45) is 2.05. The molecule has 0 aromatic heterocycles. The maximum Gasteiger partial charge on any atom is 0.248 e. The van der Waals surface area contributed by atoms with E-state index in [2.05, 4.69) is 16.8 Å². The second-order valence-electron chi connectivity index (χ2n) is 6.97. The molecule has 0 spiro atoms. The van der Waals surface area contributed by atoms with Crippen LogP contribution in [0.3, 0.4) is 0 Å². The van der Waals surface area contributed by atoms with Crippen LogP contribution in [-0.4, -0.2) is 53.9 Å². The highest BCUT2D eigenvalue weighted by Crippen LogP contribution is 2.63. The van der Waals surface area contributed by atoms with Gasteiger partial charge in [-0.25, -0.2) is 8.78 Å². The van der Waals surface area contributed by atoms with Gasteiger partial charge >= 0.3 is 0 Å². The molecule has 2 aliphatic heterocycles. The van der Waals surface area contributed by atoms with Crippen LogP contribution in [0.15, 0.2) is 0 Å². The first-order chi connectivity index (χ1) is 8.96. The number of nitrogens with zero attached hydrogens (tertiary/aromatic N) is 2. The lowest BCUT2D eigenvalue weighted by Crippen LogP contribution is -2.55. The van der Waals surface area contributed by atoms with E-state index in [-0.39, 0.29) is 36.5 Å². The van der Waals surface area contributed by atoms with E-state index >= 15 is 0 Å². The minimum atomic E-state index is -2.51. The van der Waals surface area contributed by atoms with Crippen LogP contribution in [0.1, 0.15) is 25.7 Å². The predicted octanol–water partition coefficient (Wildman–Crippen LogP) is 1.58. The van der Waals surface area contributed by atoms with E-state index in [0.29, 0.717) is 12.1 Å². The minimum Gasteiger partial charge on any atom is -0.334 e. The molecule has 4 atom stereocenters. The van der Waals surface area contributed by atoms with Crippen LogP contribution >= 0.6 is 0 Å². The Morgan fingerprint density at radius 2 is 1.63 bits per heavy atom. The van der Waals surface area contributed by atoms with Crippen molar-refractivity contribution >= 4 is 5.91 Å². The van der Waals surface area contributed by atoms with Gasteiger partial charge in [0.1, 0.15) is 0 Å². The number of hydrogen-bond donors (Lipinski definition) is 0. The summed E-state index contributed by atoms with van der Waals surface area (Å²) in [5, 5.41) is 0. The number of hydrogen-bond acceptors (Lipinski definition) is 2. The summed E-state index contributed by atoms with van der Waals surface area (Å²) in [7, 11) is 2.10. The van der Waals surface area contributed by atoms with Crippen molar-refractivity contribution in [1.82, 2.24) is 9.80 Å². The van der Waals surface area contributed by atoms with E-state index in [1.807, 2.05) is 0 Å².